The lowest BCUT2D eigenvalue weighted by Crippen LogP contribution is -2.48. The van der Waals surface area contributed by atoms with Gasteiger partial charge in [0.1, 0.15) is 6.10 Å². The summed E-state index contributed by atoms with van der Waals surface area (Å²) in [5.74, 6) is 0.0127. The fourth-order valence-corrected chi connectivity index (χ4v) is 3.54. The van der Waals surface area contributed by atoms with Gasteiger partial charge in [0.05, 0.1) is 6.10 Å². The largest absolute Gasteiger partial charge is 0.364 e. The molecule has 2 fully saturated rings. The second-order valence-corrected chi connectivity index (χ2v) is 6.95. The summed E-state index contributed by atoms with van der Waals surface area (Å²) >= 11 is 0. The summed E-state index contributed by atoms with van der Waals surface area (Å²) in [6.07, 6.45) is 1.41. The van der Waals surface area contributed by atoms with E-state index in [4.69, 9.17) is 10.5 Å². The number of halogens is 3. The summed E-state index contributed by atoms with van der Waals surface area (Å²) in [6, 6.07) is 10.6. The highest BCUT2D eigenvalue weighted by molar-refractivity contribution is 5.86. The highest BCUT2D eigenvalue weighted by atomic mass is 35.5. The molecule has 2 heterocycles. The molecule has 2 atom stereocenters. The van der Waals surface area contributed by atoms with Crippen LogP contribution in [-0.2, 0) is 16.1 Å². The van der Waals surface area contributed by atoms with Gasteiger partial charge < -0.3 is 15.8 Å². The monoisotopic (exact) mass is 454 g/mol. The lowest BCUT2D eigenvalue weighted by Gasteiger charge is -2.34. The Labute approximate surface area is 186 Å². The first-order chi connectivity index (χ1) is 12.2. The molecule has 3 N–H and O–H groups in total. The molecule has 0 bridgehead atoms. The van der Waals surface area contributed by atoms with Gasteiger partial charge in [-0.15, -0.1) is 37.2 Å². The number of hydrogen-bond donors (Lipinski definition) is 2. The molecule has 162 valence electrons. The molecule has 0 saturated carbocycles. The van der Waals surface area contributed by atoms with Gasteiger partial charge in [0, 0.05) is 52.4 Å². The predicted octanol–water partition coefficient (Wildman–Crippen LogP) is 1.69. The number of carbonyl (C=O) groups excluding carboxylic acids is 1. The normalized spacial score (nSPS) is 22.5. The van der Waals surface area contributed by atoms with Crippen LogP contribution >= 0.6 is 37.2 Å². The van der Waals surface area contributed by atoms with E-state index in [2.05, 4.69) is 45.4 Å². The van der Waals surface area contributed by atoms with Crippen LogP contribution in [0.15, 0.2) is 30.3 Å². The zero-order valence-electron chi connectivity index (χ0n) is 16.1. The Bertz CT molecular complexity index is 545. The third-order valence-electron chi connectivity index (χ3n) is 5.10. The third-order valence-corrected chi connectivity index (χ3v) is 5.10. The van der Waals surface area contributed by atoms with E-state index in [0.717, 1.165) is 52.1 Å². The van der Waals surface area contributed by atoms with Gasteiger partial charge in [0.15, 0.2) is 0 Å². The Hall–Kier alpha value is -0.600. The average molecular weight is 456 g/mol. The van der Waals surface area contributed by atoms with Gasteiger partial charge in [-0.25, -0.2) is 0 Å². The highest BCUT2D eigenvalue weighted by Crippen LogP contribution is 2.18. The van der Waals surface area contributed by atoms with Gasteiger partial charge in [-0.05, 0) is 18.4 Å². The fraction of sp³-hybridized carbons (Fsp3) is 0.632. The van der Waals surface area contributed by atoms with Crippen molar-refractivity contribution < 1.29 is 9.53 Å². The van der Waals surface area contributed by atoms with Gasteiger partial charge in [-0.1, -0.05) is 30.3 Å². The van der Waals surface area contributed by atoms with Crippen molar-refractivity contribution in [2.45, 2.75) is 31.6 Å². The Balaban J connectivity index is 0.00000243. The Morgan fingerprint density at radius 1 is 1.04 bits per heavy atom. The van der Waals surface area contributed by atoms with E-state index in [1.54, 1.807) is 0 Å². The summed E-state index contributed by atoms with van der Waals surface area (Å²) in [5, 5.41) is 3.01. The molecule has 1 aromatic carbocycles. The third kappa shape index (κ3) is 8.41. The number of rotatable bonds is 7. The molecule has 0 unspecified atom stereocenters. The molecule has 1 aromatic rings. The summed E-state index contributed by atoms with van der Waals surface area (Å²) in [5.41, 5.74) is 6.96. The second kappa shape index (κ2) is 14.4. The molecular weight excluding hydrogens is 423 g/mol. The molecular formula is C19H33Cl3N4O2. The zero-order valence-corrected chi connectivity index (χ0v) is 18.6. The average Bonchev–Trinajstić information content (AvgIpc) is 3.13. The van der Waals surface area contributed by atoms with E-state index in [1.165, 1.54) is 5.56 Å². The van der Waals surface area contributed by atoms with E-state index in [1.807, 2.05) is 0 Å². The summed E-state index contributed by atoms with van der Waals surface area (Å²) < 4.78 is 5.63. The summed E-state index contributed by atoms with van der Waals surface area (Å²) in [7, 11) is 0. The SMILES string of the molecule is Cl.Cl.Cl.NC[C@H]1CC[C@@H](C(=O)NCCN2CCN(Cc3ccccc3)CC2)O1. The van der Waals surface area contributed by atoms with Crippen molar-refractivity contribution in [3.63, 3.8) is 0 Å². The van der Waals surface area contributed by atoms with Crippen molar-refractivity contribution in [3.05, 3.63) is 35.9 Å². The number of benzene rings is 1. The lowest BCUT2D eigenvalue weighted by molar-refractivity contribution is -0.131. The molecule has 2 aliphatic heterocycles. The molecule has 0 radical (unpaired) electrons. The van der Waals surface area contributed by atoms with Crippen LogP contribution in [0.25, 0.3) is 0 Å². The maximum absolute atomic E-state index is 12.1. The molecule has 9 heteroatoms. The van der Waals surface area contributed by atoms with Crippen LogP contribution in [-0.4, -0.2) is 73.7 Å². The van der Waals surface area contributed by atoms with Crippen LogP contribution in [0.1, 0.15) is 18.4 Å². The lowest BCUT2D eigenvalue weighted by atomic mass is 10.2. The van der Waals surface area contributed by atoms with Crippen LogP contribution in [0.5, 0.6) is 0 Å². The van der Waals surface area contributed by atoms with Gasteiger partial charge in [0.25, 0.3) is 0 Å². The van der Waals surface area contributed by atoms with E-state index < -0.39 is 0 Å². The molecule has 3 rings (SSSR count). The number of carbonyl (C=O) groups is 1. The van der Waals surface area contributed by atoms with Crippen LogP contribution in [0, 0.1) is 0 Å². The first-order valence-electron chi connectivity index (χ1n) is 9.36. The number of nitrogens with two attached hydrogens (primary N) is 1. The fourth-order valence-electron chi connectivity index (χ4n) is 3.54. The minimum Gasteiger partial charge on any atom is -0.364 e. The number of amides is 1. The molecule has 0 spiro atoms. The maximum Gasteiger partial charge on any atom is 0.249 e. The minimum absolute atomic E-state index is 0. The second-order valence-electron chi connectivity index (χ2n) is 6.95. The van der Waals surface area contributed by atoms with Crippen LogP contribution in [0.2, 0.25) is 0 Å². The number of ether oxygens (including phenoxy) is 1. The first kappa shape index (κ1) is 27.4. The highest BCUT2D eigenvalue weighted by Gasteiger charge is 2.29. The molecule has 6 nitrogen and oxygen atoms in total. The number of nitrogens with zero attached hydrogens (tertiary/aromatic N) is 2. The van der Waals surface area contributed by atoms with Crippen molar-refractivity contribution in [1.82, 2.24) is 15.1 Å². The molecule has 0 aliphatic carbocycles. The van der Waals surface area contributed by atoms with Gasteiger partial charge >= 0.3 is 0 Å². The summed E-state index contributed by atoms with van der Waals surface area (Å²) in [6.45, 7) is 7.36. The first-order valence-corrected chi connectivity index (χ1v) is 9.36. The van der Waals surface area contributed by atoms with E-state index >= 15 is 0 Å². The number of nitrogens with one attached hydrogen (secondary N) is 1. The van der Waals surface area contributed by atoms with E-state index in [0.29, 0.717) is 13.1 Å². The summed E-state index contributed by atoms with van der Waals surface area (Å²) in [4.78, 5) is 17.0. The van der Waals surface area contributed by atoms with Crippen molar-refractivity contribution >= 4 is 43.1 Å². The van der Waals surface area contributed by atoms with Crippen LogP contribution in [0.3, 0.4) is 0 Å². The Kier molecular flexibility index (Phi) is 14.1. The zero-order chi connectivity index (χ0) is 17.5. The maximum atomic E-state index is 12.1. The molecule has 0 aromatic heterocycles. The molecule has 2 saturated heterocycles. The van der Waals surface area contributed by atoms with Crippen molar-refractivity contribution in [1.29, 1.82) is 0 Å². The minimum atomic E-state index is -0.309. The van der Waals surface area contributed by atoms with E-state index in [9.17, 15) is 4.79 Å². The van der Waals surface area contributed by atoms with Gasteiger partial charge in [-0.3, -0.25) is 14.6 Å². The quantitative estimate of drug-likeness (QED) is 0.655. The van der Waals surface area contributed by atoms with Crippen molar-refractivity contribution in [3.8, 4) is 0 Å². The van der Waals surface area contributed by atoms with Crippen LogP contribution in [0.4, 0.5) is 0 Å². The molecule has 28 heavy (non-hydrogen) atoms. The number of hydrogen-bond acceptors (Lipinski definition) is 5. The van der Waals surface area contributed by atoms with Crippen LogP contribution < -0.4 is 11.1 Å². The van der Waals surface area contributed by atoms with Crippen molar-refractivity contribution in [2.75, 3.05) is 45.8 Å². The standard InChI is InChI=1S/C19H30N4O2.3ClH/c20-14-17-6-7-18(25-17)19(24)21-8-9-22-10-12-23(13-11-22)15-16-4-2-1-3-5-16;;;/h1-5,17-18H,6-15,20H2,(H,21,24);3*1H/t17-,18+;;;/m1.../s1. The molecule has 1 amide bonds. The Morgan fingerprint density at radius 3 is 2.29 bits per heavy atom. The van der Waals surface area contributed by atoms with E-state index in [-0.39, 0.29) is 55.3 Å². The smallest absolute Gasteiger partial charge is 0.249 e. The Morgan fingerprint density at radius 2 is 1.68 bits per heavy atom. The molecule has 2 aliphatic rings. The van der Waals surface area contributed by atoms with Gasteiger partial charge in [-0.2, -0.15) is 0 Å². The topological polar surface area (TPSA) is 70.8 Å². The number of piperazine rings is 1. The van der Waals surface area contributed by atoms with Crippen molar-refractivity contribution in [2.24, 2.45) is 5.73 Å². The predicted molar refractivity (Wildman–Crippen MR) is 120 cm³/mol. The van der Waals surface area contributed by atoms with Gasteiger partial charge in [0.2, 0.25) is 5.91 Å².